The van der Waals surface area contributed by atoms with Crippen LogP contribution in [0.2, 0.25) is 0 Å². The standard InChI is InChI=1S/C19H18N2O3/c1-11-16-8-7-15(24-3)10-17(16)21-18(11)19(23)20-14-6-4-5-13(9-14)12(2)22/h4-10,21H,1-3H3,(H,20,23). The zero-order valence-corrected chi connectivity index (χ0v) is 13.8. The van der Waals surface area contributed by atoms with Gasteiger partial charge in [-0.15, -0.1) is 0 Å². The SMILES string of the molecule is COc1ccc2c(C)c(C(=O)Nc3cccc(C(C)=O)c3)[nH]c2c1. The van der Waals surface area contributed by atoms with Crippen molar-refractivity contribution in [2.45, 2.75) is 13.8 Å². The molecule has 1 amide bonds. The maximum Gasteiger partial charge on any atom is 0.272 e. The number of carbonyl (C=O) groups is 2. The predicted molar refractivity (Wildman–Crippen MR) is 94.0 cm³/mol. The van der Waals surface area contributed by atoms with E-state index in [4.69, 9.17) is 4.74 Å². The Morgan fingerprint density at radius 1 is 1.12 bits per heavy atom. The number of hydrogen-bond acceptors (Lipinski definition) is 3. The molecule has 24 heavy (non-hydrogen) atoms. The van der Waals surface area contributed by atoms with E-state index in [1.54, 1.807) is 31.4 Å². The number of Topliss-reactive ketones (excluding diaryl/α,β-unsaturated/α-hetero) is 1. The number of methoxy groups -OCH3 is 1. The van der Waals surface area contributed by atoms with Gasteiger partial charge in [-0.3, -0.25) is 9.59 Å². The second-order valence-electron chi connectivity index (χ2n) is 5.63. The van der Waals surface area contributed by atoms with Crippen molar-refractivity contribution in [3.8, 4) is 5.75 Å². The fourth-order valence-electron chi connectivity index (χ4n) is 2.68. The average molecular weight is 322 g/mol. The van der Waals surface area contributed by atoms with Gasteiger partial charge in [-0.05, 0) is 43.7 Å². The molecule has 0 atom stereocenters. The lowest BCUT2D eigenvalue weighted by atomic mass is 10.1. The normalized spacial score (nSPS) is 10.6. The molecule has 2 N–H and O–H groups in total. The number of hydrogen-bond donors (Lipinski definition) is 2. The van der Waals surface area contributed by atoms with E-state index in [0.717, 1.165) is 22.2 Å². The summed E-state index contributed by atoms with van der Waals surface area (Å²) in [6, 6.07) is 12.5. The van der Waals surface area contributed by atoms with Crippen LogP contribution in [0.3, 0.4) is 0 Å². The average Bonchev–Trinajstić information content (AvgIpc) is 2.91. The van der Waals surface area contributed by atoms with Crippen LogP contribution < -0.4 is 10.1 Å². The largest absolute Gasteiger partial charge is 0.497 e. The Balaban J connectivity index is 1.92. The molecular weight excluding hydrogens is 304 g/mol. The van der Waals surface area contributed by atoms with E-state index in [1.807, 2.05) is 25.1 Å². The van der Waals surface area contributed by atoms with E-state index in [-0.39, 0.29) is 11.7 Å². The van der Waals surface area contributed by atoms with Crippen LogP contribution in [-0.4, -0.2) is 23.8 Å². The van der Waals surface area contributed by atoms with E-state index in [1.165, 1.54) is 6.92 Å². The Hall–Kier alpha value is -3.08. The minimum atomic E-state index is -0.247. The first-order valence-electron chi connectivity index (χ1n) is 7.58. The highest BCUT2D eigenvalue weighted by atomic mass is 16.5. The lowest BCUT2D eigenvalue weighted by Crippen LogP contribution is -2.13. The first-order chi connectivity index (χ1) is 11.5. The minimum Gasteiger partial charge on any atom is -0.497 e. The van der Waals surface area contributed by atoms with E-state index >= 15 is 0 Å². The second-order valence-corrected chi connectivity index (χ2v) is 5.63. The van der Waals surface area contributed by atoms with Crippen LogP contribution in [0.25, 0.3) is 10.9 Å². The molecule has 122 valence electrons. The molecular formula is C19H18N2O3. The zero-order valence-electron chi connectivity index (χ0n) is 13.8. The molecule has 3 rings (SSSR count). The summed E-state index contributed by atoms with van der Waals surface area (Å²) in [5.74, 6) is 0.438. The molecule has 1 aromatic heterocycles. The number of fused-ring (bicyclic) bond motifs is 1. The molecule has 5 heteroatoms. The van der Waals surface area contributed by atoms with Crippen molar-refractivity contribution < 1.29 is 14.3 Å². The van der Waals surface area contributed by atoms with Crippen molar-refractivity contribution in [1.29, 1.82) is 0 Å². The number of aromatic nitrogens is 1. The fourth-order valence-corrected chi connectivity index (χ4v) is 2.68. The highest BCUT2D eigenvalue weighted by molar-refractivity contribution is 6.08. The molecule has 0 saturated carbocycles. The summed E-state index contributed by atoms with van der Waals surface area (Å²) >= 11 is 0. The summed E-state index contributed by atoms with van der Waals surface area (Å²) in [5.41, 5.74) is 3.35. The van der Waals surface area contributed by atoms with Crippen molar-refractivity contribution in [3.05, 3.63) is 59.3 Å². The van der Waals surface area contributed by atoms with Crippen molar-refractivity contribution in [3.63, 3.8) is 0 Å². The van der Waals surface area contributed by atoms with Gasteiger partial charge in [0.2, 0.25) is 0 Å². The topological polar surface area (TPSA) is 71.2 Å². The van der Waals surface area contributed by atoms with Crippen LogP contribution in [-0.2, 0) is 0 Å². The van der Waals surface area contributed by atoms with Crippen LogP contribution in [0.15, 0.2) is 42.5 Å². The molecule has 0 fully saturated rings. The van der Waals surface area contributed by atoms with Crippen LogP contribution in [0.1, 0.15) is 33.3 Å². The first kappa shape index (κ1) is 15.8. The molecule has 0 bridgehead atoms. The minimum absolute atomic E-state index is 0.0417. The summed E-state index contributed by atoms with van der Waals surface area (Å²) in [6.07, 6.45) is 0. The maximum absolute atomic E-state index is 12.6. The Labute approximate surface area is 139 Å². The predicted octanol–water partition coefficient (Wildman–Crippen LogP) is 3.94. The van der Waals surface area contributed by atoms with E-state index in [0.29, 0.717) is 16.9 Å². The molecule has 1 heterocycles. The molecule has 0 aliphatic carbocycles. The Morgan fingerprint density at radius 3 is 2.62 bits per heavy atom. The van der Waals surface area contributed by atoms with Gasteiger partial charge in [0.15, 0.2) is 5.78 Å². The molecule has 0 aliphatic heterocycles. The number of carbonyl (C=O) groups excluding carboxylic acids is 2. The number of anilines is 1. The smallest absolute Gasteiger partial charge is 0.272 e. The number of nitrogens with one attached hydrogen (secondary N) is 2. The molecule has 0 unspecified atom stereocenters. The van der Waals surface area contributed by atoms with E-state index in [9.17, 15) is 9.59 Å². The van der Waals surface area contributed by atoms with Gasteiger partial charge in [0.05, 0.1) is 7.11 Å². The highest BCUT2D eigenvalue weighted by Gasteiger charge is 2.15. The summed E-state index contributed by atoms with van der Waals surface area (Å²) in [4.78, 5) is 27.2. The van der Waals surface area contributed by atoms with Crippen LogP contribution in [0.5, 0.6) is 5.75 Å². The van der Waals surface area contributed by atoms with Gasteiger partial charge >= 0.3 is 0 Å². The molecule has 0 aliphatic rings. The van der Waals surface area contributed by atoms with Gasteiger partial charge in [0.1, 0.15) is 11.4 Å². The molecule has 0 spiro atoms. The van der Waals surface area contributed by atoms with Gasteiger partial charge < -0.3 is 15.0 Å². The van der Waals surface area contributed by atoms with Gasteiger partial charge in [-0.1, -0.05) is 12.1 Å². The quantitative estimate of drug-likeness (QED) is 0.715. The van der Waals surface area contributed by atoms with Gasteiger partial charge in [0.25, 0.3) is 5.91 Å². The molecule has 3 aromatic rings. The number of aromatic amines is 1. The number of aryl methyl sites for hydroxylation is 1. The number of ether oxygens (including phenoxy) is 1. The molecule has 5 nitrogen and oxygen atoms in total. The lowest BCUT2D eigenvalue weighted by molar-refractivity contribution is 0.100. The third kappa shape index (κ3) is 2.88. The van der Waals surface area contributed by atoms with Crippen molar-refractivity contribution >= 4 is 28.3 Å². The van der Waals surface area contributed by atoms with Gasteiger partial charge in [0, 0.05) is 28.2 Å². The van der Waals surface area contributed by atoms with E-state index < -0.39 is 0 Å². The van der Waals surface area contributed by atoms with Crippen molar-refractivity contribution in [2.75, 3.05) is 12.4 Å². The summed E-state index contributed by atoms with van der Waals surface area (Å²) in [7, 11) is 1.60. The first-order valence-corrected chi connectivity index (χ1v) is 7.58. The molecule has 0 radical (unpaired) electrons. The Morgan fingerprint density at radius 2 is 1.92 bits per heavy atom. The number of amides is 1. The Bertz CT molecular complexity index is 941. The third-order valence-electron chi connectivity index (χ3n) is 4.02. The number of benzene rings is 2. The highest BCUT2D eigenvalue weighted by Crippen LogP contribution is 2.26. The Kier molecular flexibility index (Phi) is 4.08. The second kappa shape index (κ2) is 6.20. The summed E-state index contributed by atoms with van der Waals surface area (Å²) in [6.45, 7) is 3.39. The van der Waals surface area contributed by atoms with Crippen LogP contribution >= 0.6 is 0 Å². The molecule has 0 saturated heterocycles. The zero-order chi connectivity index (χ0) is 17.3. The fraction of sp³-hybridized carbons (Fsp3) is 0.158. The number of H-pyrrole nitrogens is 1. The van der Waals surface area contributed by atoms with Gasteiger partial charge in [-0.25, -0.2) is 0 Å². The number of rotatable bonds is 4. The monoisotopic (exact) mass is 322 g/mol. The van der Waals surface area contributed by atoms with E-state index in [2.05, 4.69) is 10.3 Å². The summed E-state index contributed by atoms with van der Waals surface area (Å²) < 4.78 is 5.21. The number of ketones is 1. The molecule has 2 aromatic carbocycles. The van der Waals surface area contributed by atoms with Crippen LogP contribution in [0.4, 0.5) is 5.69 Å². The maximum atomic E-state index is 12.6. The van der Waals surface area contributed by atoms with Gasteiger partial charge in [-0.2, -0.15) is 0 Å². The van der Waals surface area contributed by atoms with Crippen LogP contribution in [0, 0.1) is 6.92 Å². The lowest BCUT2D eigenvalue weighted by Gasteiger charge is -2.06. The summed E-state index contributed by atoms with van der Waals surface area (Å²) in [5, 5.41) is 3.80. The van der Waals surface area contributed by atoms with Crippen molar-refractivity contribution in [1.82, 2.24) is 4.98 Å². The van der Waals surface area contributed by atoms with Crippen molar-refractivity contribution in [2.24, 2.45) is 0 Å². The third-order valence-corrected chi connectivity index (χ3v) is 4.02.